The fraction of sp³-hybridized carbons (Fsp3) is 0.625. The number of rotatable bonds is 2. The Balaban J connectivity index is 2.02. The largest absolute Gasteiger partial charge is 0.390 e. The number of benzene rings is 1. The van der Waals surface area contributed by atoms with E-state index in [1.807, 2.05) is 20.8 Å². The first kappa shape index (κ1) is 16.5. The molecule has 2 bridgehead atoms. The molecule has 1 aromatic rings. The van der Waals surface area contributed by atoms with Gasteiger partial charge in [-0.3, -0.25) is 0 Å². The summed E-state index contributed by atoms with van der Waals surface area (Å²) < 4.78 is 67.5. The van der Waals surface area contributed by atoms with Crippen LogP contribution in [0, 0.1) is 45.8 Å². The van der Waals surface area contributed by atoms with Crippen molar-refractivity contribution in [2.45, 2.75) is 45.8 Å². The van der Waals surface area contributed by atoms with Crippen LogP contribution in [0.3, 0.4) is 0 Å². The van der Waals surface area contributed by atoms with E-state index in [0.717, 1.165) is 6.42 Å². The Morgan fingerprint density at radius 1 is 0.913 bits per heavy atom. The number of nitrogens with one attached hydrogen (secondary N) is 1. The lowest BCUT2D eigenvalue weighted by Crippen LogP contribution is -2.43. The van der Waals surface area contributed by atoms with E-state index < -0.39 is 52.3 Å². The number of aliphatic hydroxyl groups excluding tert-OH is 1. The molecule has 0 aliphatic heterocycles. The molecule has 0 spiro atoms. The van der Waals surface area contributed by atoms with Crippen LogP contribution >= 0.6 is 0 Å². The van der Waals surface area contributed by atoms with Crippen LogP contribution in [-0.2, 0) is 0 Å². The first-order valence-corrected chi connectivity index (χ1v) is 7.50. The van der Waals surface area contributed by atoms with Crippen molar-refractivity contribution in [1.29, 1.82) is 0 Å². The predicted octanol–water partition coefficient (Wildman–Crippen LogP) is 3.98. The highest BCUT2D eigenvalue weighted by Crippen LogP contribution is 2.65. The van der Waals surface area contributed by atoms with E-state index in [0.29, 0.717) is 6.42 Å². The summed E-state index contributed by atoms with van der Waals surface area (Å²) in [7, 11) is 0. The molecule has 4 atom stereocenters. The van der Waals surface area contributed by atoms with E-state index in [-0.39, 0.29) is 11.3 Å². The van der Waals surface area contributed by atoms with Gasteiger partial charge in [-0.15, -0.1) is 0 Å². The normalized spacial score (nSPS) is 34.9. The molecule has 0 unspecified atom stereocenters. The first-order chi connectivity index (χ1) is 10.5. The summed E-state index contributed by atoms with van der Waals surface area (Å²) in [6.45, 7) is 5.79. The Kier molecular flexibility index (Phi) is 3.45. The Morgan fingerprint density at radius 2 is 1.39 bits per heavy atom. The third kappa shape index (κ3) is 1.89. The topological polar surface area (TPSA) is 32.3 Å². The molecular weight excluding hydrogens is 317 g/mol. The lowest BCUT2D eigenvalue weighted by atomic mass is 9.70. The molecule has 2 fully saturated rings. The van der Waals surface area contributed by atoms with Crippen LogP contribution in [0.5, 0.6) is 0 Å². The quantitative estimate of drug-likeness (QED) is 0.487. The second kappa shape index (κ2) is 4.82. The van der Waals surface area contributed by atoms with Gasteiger partial charge >= 0.3 is 0 Å². The van der Waals surface area contributed by atoms with E-state index in [9.17, 15) is 27.1 Å². The van der Waals surface area contributed by atoms with E-state index >= 15 is 0 Å². The van der Waals surface area contributed by atoms with Crippen LogP contribution in [-0.4, -0.2) is 17.3 Å². The molecule has 2 N–H and O–H groups in total. The van der Waals surface area contributed by atoms with Crippen molar-refractivity contribution in [3.63, 3.8) is 0 Å². The van der Waals surface area contributed by atoms with Crippen molar-refractivity contribution >= 4 is 5.69 Å². The van der Waals surface area contributed by atoms with Crippen LogP contribution in [0.2, 0.25) is 0 Å². The highest BCUT2D eigenvalue weighted by atomic mass is 19.2. The molecule has 0 heterocycles. The lowest BCUT2D eigenvalue weighted by molar-refractivity contribution is 0.00839. The van der Waals surface area contributed by atoms with E-state index in [4.69, 9.17) is 0 Å². The summed E-state index contributed by atoms with van der Waals surface area (Å²) in [6.07, 6.45) is 0.528. The van der Waals surface area contributed by atoms with Gasteiger partial charge in [0.05, 0.1) is 12.1 Å². The summed E-state index contributed by atoms with van der Waals surface area (Å²) >= 11 is 0. The zero-order chi connectivity index (χ0) is 17.3. The summed E-state index contributed by atoms with van der Waals surface area (Å²) in [5.41, 5.74) is -1.86. The molecule has 0 aromatic heterocycles. The summed E-state index contributed by atoms with van der Waals surface area (Å²) in [4.78, 5) is 0. The van der Waals surface area contributed by atoms with Crippen molar-refractivity contribution in [3.8, 4) is 0 Å². The van der Waals surface area contributed by atoms with E-state index in [1.165, 1.54) is 0 Å². The number of fused-ring (bicyclic) bond motifs is 2. The highest BCUT2D eigenvalue weighted by molar-refractivity contribution is 5.50. The van der Waals surface area contributed by atoms with Gasteiger partial charge < -0.3 is 10.4 Å². The van der Waals surface area contributed by atoms with Crippen molar-refractivity contribution in [3.05, 3.63) is 29.1 Å². The van der Waals surface area contributed by atoms with Crippen LogP contribution < -0.4 is 5.32 Å². The Morgan fingerprint density at radius 3 is 1.83 bits per heavy atom. The van der Waals surface area contributed by atoms with Crippen molar-refractivity contribution in [2.75, 3.05) is 5.32 Å². The van der Waals surface area contributed by atoms with Crippen molar-refractivity contribution in [1.82, 2.24) is 0 Å². The number of hydrogen-bond acceptors (Lipinski definition) is 2. The van der Waals surface area contributed by atoms with Crippen molar-refractivity contribution < 1.29 is 27.1 Å². The van der Waals surface area contributed by atoms with Crippen LogP contribution in [0.15, 0.2) is 0 Å². The number of halogens is 5. The first-order valence-electron chi connectivity index (χ1n) is 7.50. The molecule has 0 radical (unpaired) electrons. The molecule has 2 saturated carbocycles. The van der Waals surface area contributed by atoms with Crippen LogP contribution in [0.25, 0.3) is 0 Å². The third-order valence-corrected chi connectivity index (χ3v) is 6.32. The maximum atomic E-state index is 13.8. The van der Waals surface area contributed by atoms with Gasteiger partial charge in [0.1, 0.15) is 5.69 Å². The van der Waals surface area contributed by atoms with Crippen LogP contribution in [0.4, 0.5) is 27.6 Å². The number of hydrogen-bond donors (Lipinski definition) is 2. The minimum absolute atomic E-state index is 0.127. The fourth-order valence-electron chi connectivity index (χ4n) is 4.41. The molecule has 128 valence electrons. The minimum Gasteiger partial charge on any atom is -0.390 e. The molecule has 23 heavy (non-hydrogen) atoms. The van der Waals surface area contributed by atoms with E-state index in [1.54, 1.807) is 0 Å². The zero-order valence-electron chi connectivity index (χ0n) is 13.0. The SMILES string of the molecule is CC1(C)[C@@H]2CC[C@@]1(C)[C@H](O)[C@@H]2Nc1c(F)c(F)c(F)c(F)c1F. The summed E-state index contributed by atoms with van der Waals surface area (Å²) in [5.74, 6) is -10.1. The molecule has 0 amide bonds. The van der Waals surface area contributed by atoms with Crippen molar-refractivity contribution in [2.24, 2.45) is 16.7 Å². The van der Waals surface area contributed by atoms with Gasteiger partial charge in [0.25, 0.3) is 0 Å². The zero-order valence-corrected chi connectivity index (χ0v) is 13.0. The summed E-state index contributed by atoms with van der Waals surface area (Å²) in [6, 6.07) is -0.767. The van der Waals surface area contributed by atoms with Gasteiger partial charge in [-0.05, 0) is 24.2 Å². The second-order valence-electron chi connectivity index (χ2n) is 7.34. The Hall–Kier alpha value is -1.37. The molecular formula is C16H18F5NO. The van der Waals surface area contributed by atoms with Gasteiger partial charge in [-0.1, -0.05) is 20.8 Å². The van der Waals surface area contributed by atoms with Gasteiger partial charge in [0.15, 0.2) is 23.3 Å². The maximum absolute atomic E-state index is 13.8. The average molecular weight is 335 g/mol. The van der Waals surface area contributed by atoms with Crippen LogP contribution in [0.1, 0.15) is 33.6 Å². The number of aliphatic hydroxyl groups is 1. The molecule has 0 saturated heterocycles. The third-order valence-electron chi connectivity index (χ3n) is 6.32. The minimum atomic E-state index is -2.19. The van der Waals surface area contributed by atoms with Gasteiger partial charge in [-0.25, -0.2) is 22.0 Å². The lowest BCUT2D eigenvalue weighted by Gasteiger charge is -2.37. The molecule has 3 rings (SSSR count). The molecule has 2 nitrogen and oxygen atoms in total. The molecule has 1 aromatic carbocycles. The monoisotopic (exact) mass is 335 g/mol. The van der Waals surface area contributed by atoms with E-state index in [2.05, 4.69) is 5.32 Å². The second-order valence-corrected chi connectivity index (χ2v) is 7.34. The van der Waals surface area contributed by atoms with Gasteiger partial charge in [-0.2, -0.15) is 0 Å². The summed E-state index contributed by atoms with van der Waals surface area (Å²) in [5, 5.41) is 12.9. The Bertz CT molecular complexity index is 648. The fourth-order valence-corrected chi connectivity index (χ4v) is 4.41. The van der Waals surface area contributed by atoms with Gasteiger partial charge in [0, 0.05) is 5.41 Å². The number of anilines is 1. The predicted molar refractivity (Wildman–Crippen MR) is 74.3 cm³/mol. The molecule has 2 aliphatic carbocycles. The Labute approximate surface area is 130 Å². The average Bonchev–Trinajstić information content (AvgIpc) is 2.81. The molecule has 7 heteroatoms. The molecule has 2 aliphatic rings. The smallest absolute Gasteiger partial charge is 0.200 e. The highest BCUT2D eigenvalue weighted by Gasteiger charge is 2.66. The maximum Gasteiger partial charge on any atom is 0.200 e. The van der Waals surface area contributed by atoms with Gasteiger partial charge in [0.2, 0.25) is 5.82 Å². The standard InChI is InChI=1S/C16H18F5NO/c1-15(2)6-4-5-16(15,3)14(23)12(6)22-13-10(20)8(18)7(17)9(19)11(13)21/h6,12,14,22-23H,4-5H2,1-3H3/t6-,12-,14-,16+/m1/s1.